The molecule has 134 valence electrons. The summed E-state index contributed by atoms with van der Waals surface area (Å²) < 4.78 is 7.03. The zero-order valence-electron chi connectivity index (χ0n) is 13.7. The molecule has 0 bridgehead atoms. The Bertz CT molecular complexity index is 805. The number of ether oxygens (including phenoxy) is 1. The minimum atomic E-state index is -0.300. The summed E-state index contributed by atoms with van der Waals surface area (Å²) in [6.07, 6.45) is 3.66. The Morgan fingerprint density at radius 2 is 2.36 bits per heavy atom. The number of morpholine rings is 1. The van der Waals surface area contributed by atoms with E-state index < -0.39 is 0 Å². The van der Waals surface area contributed by atoms with Gasteiger partial charge in [-0.2, -0.15) is 10.2 Å². The first-order valence-electron chi connectivity index (χ1n) is 7.91. The van der Waals surface area contributed by atoms with Crippen LogP contribution < -0.4 is 15.8 Å². The summed E-state index contributed by atoms with van der Waals surface area (Å²) in [5, 5.41) is 13.4. The van der Waals surface area contributed by atoms with Gasteiger partial charge in [0.1, 0.15) is 5.69 Å². The van der Waals surface area contributed by atoms with Crippen molar-refractivity contribution in [3.05, 3.63) is 39.5 Å². The maximum absolute atomic E-state index is 12.0. The van der Waals surface area contributed by atoms with Gasteiger partial charge < -0.3 is 15.0 Å². The second-order valence-electron chi connectivity index (χ2n) is 5.75. The third kappa shape index (κ3) is 4.18. The van der Waals surface area contributed by atoms with Gasteiger partial charge in [0.15, 0.2) is 0 Å². The van der Waals surface area contributed by atoms with E-state index in [0.29, 0.717) is 32.7 Å². The second kappa shape index (κ2) is 7.66. The lowest BCUT2D eigenvalue weighted by Crippen LogP contribution is -2.44. The molecule has 2 aromatic rings. The number of nitrogens with zero attached hydrogens (tertiary/aromatic N) is 4. The average Bonchev–Trinajstić information content (AvgIpc) is 3.04. The maximum Gasteiger partial charge on any atom is 0.270 e. The number of carbonyl (C=O) groups excluding carboxylic acids is 1. The number of hydrogen-bond acceptors (Lipinski definition) is 6. The normalized spacial score (nSPS) is 17.5. The third-order valence-corrected chi connectivity index (χ3v) is 4.32. The molecule has 1 atom stereocenters. The van der Waals surface area contributed by atoms with Crippen LogP contribution in [0.4, 0.5) is 5.69 Å². The lowest BCUT2D eigenvalue weighted by atomic mass is 10.2. The Morgan fingerprint density at radius 1 is 1.52 bits per heavy atom. The molecule has 10 heteroatoms. The highest BCUT2D eigenvalue weighted by molar-refractivity contribution is 6.33. The van der Waals surface area contributed by atoms with Crippen LogP contribution in [0.5, 0.6) is 0 Å². The summed E-state index contributed by atoms with van der Waals surface area (Å²) in [6.45, 7) is 2.33. The highest BCUT2D eigenvalue weighted by Crippen LogP contribution is 2.16. The Kier molecular flexibility index (Phi) is 5.34. The maximum atomic E-state index is 12.0. The van der Waals surface area contributed by atoms with Crippen molar-refractivity contribution in [1.82, 2.24) is 25.3 Å². The van der Waals surface area contributed by atoms with Crippen LogP contribution >= 0.6 is 11.6 Å². The summed E-state index contributed by atoms with van der Waals surface area (Å²) in [5.41, 5.74) is 0.882. The van der Waals surface area contributed by atoms with Gasteiger partial charge in [-0.15, -0.1) is 0 Å². The molecule has 0 radical (unpaired) electrons. The number of nitrogens with one attached hydrogen (secondary N) is 2. The fourth-order valence-electron chi connectivity index (χ4n) is 2.63. The number of anilines is 1. The minimum absolute atomic E-state index is 0.0460. The lowest BCUT2D eigenvalue weighted by Gasteiger charge is -2.34. The fourth-order valence-corrected chi connectivity index (χ4v) is 2.80. The van der Waals surface area contributed by atoms with Crippen LogP contribution in [0.2, 0.25) is 5.02 Å². The van der Waals surface area contributed by atoms with Crippen LogP contribution in [0.1, 0.15) is 16.9 Å². The van der Waals surface area contributed by atoms with E-state index in [0.717, 1.165) is 5.69 Å². The molecule has 25 heavy (non-hydrogen) atoms. The molecule has 0 aliphatic carbocycles. The Balaban J connectivity index is 1.52. The van der Waals surface area contributed by atoms with Crippen LogP contribution in [-0.4, -0.2) is 58.2 Å². The predicted molar refractivity (Wildman–Crippen MR) is 92.0 cm³/mol. The monoisotopic (exact) mass is 366 g/mol. The molecule has 1 aliphatic heterocycles. The first kappa shape index (κ1) is 17.4. The van der Waals surface area contributed by atoms with Crippen LogP contribution in [0.3, 0.4) is 0 Å². The predicted octanol–water partition coefficient (Wildman–Crippen LogP) is 0.182. The summed E-state index contributed by atoms with van der Waals surface area (Å²) in [4.78, 5) is 25.8. The highest BCUT2D eigenvalue weighted by Gasteiger charge is 2.22. The molecule has 1 amide bonds. The molecule has 3 rings (SSSR count). The molecule has 1 saturated heterocycles. The summed E-state index contributed by atoms with van der Waals surface area (Å²) in [5.74, 6) is -0.300. The van der Waals surface area contributed by atoms with Crippen molar-refractivity contribution in [1.29, 1.82) is 0 Å². The highest BCUT2D eigenvalue weighted by atomic mass is 35.5. The van der Waals surface area contributed by atoms with Gasteiger partial charge in [0.2, 0.25) is 0 Å². The molecule has 0 spiro atoms. The first-order valence-corrected chi connectivity index (χ1v) is 8.29. The summed E-state index contributed by atoms with van der Waals surface area (Å²) in [7, 11) is 1.61. The van der Waals surface area contributed by atoms with Gasteiger partial charge in [0.25, 0.3) is 11.5 Å². The van der Waals surface area contributed by atoms with Crippen LogP contribution in [0.25, 0.3) is 0 Å². The van der Waals surface area contributed by atoms with Gasteiger partial charge in [0.05, 0.1) is 35.8 Å². The van der Waals surface area contributed by atoms with Crippen LogP contribution in [0, 0.1) is 0 Å². The second-order valence-corrected chi connectivity index (χ2v) is 6.16. The van der Waals surface area contributed by atoms with Crippen LogP contribution in [0.15, 0.2) is 23.3 Å². The number of rotatable bonds is 5. The van der Waals surface area contributed by atoms with Gasteiger partial charge in [-0.25, -0.2) is 4.68 Å². The summed E-state index contributed by atoms with van der Waals surface area (Å²) in [6, 6.07) is 1.57. The SMILES string of the molecule is Cn1ncc(N2CCOC(CCNC(=O)c3[nH]ncc3Cl)C2)cc1=O. The Morgan fingerprint density at radius 3 is 3.08 bits per heavy atom. The van der Waals surface area contributed by atoms with E-state index in [-0.39, 0.29) is 28.3 Å². The Hall–Kier alpha value is -2.39. The molecule has 1 aliphatic rings. The number of aromatic nitrogens is 4. The van der Waals surface area contributed by atoms with Crippen molar-refractivity contribution >= 4 is 23.2 Å². The van der Waals surface area contributed by atoms with Gasteiger partial charge >= 0.3 is 0 Å². The van der Waals surface area contributed by atoms with Gasteiger partial charge in [-0.1, -0.05) is 11.6 Å². The molecular formula is C15H19ClN6O3. The average molecular weight is 367 g/mol. The first-order chi connectivity index (χ1) is 12.0. The van der Waals surface area contributed by atoms with E-state index in [1.165, 1.54) is 10.9 Å². The fraction of sp³-hybridized carbons (Fsp3) is 0.467. The lowest BCUT2D eigenvalue weighted by molar-refractivity contribution is 0.0353. The molecule has 1 unspecified atom stereocenters. The molecule has 9 nitrogen and oxygen atoms in total. The van der Waals surface area contributed by atoms with Gasteiger partial charge in [-0.05, 0) is 6.42 Å². The summed E-state index contributed by atoms with van der Waals surface area (Å²) >= 11 is 5.85. The molecule has 0 saturated carbocycles. The van der Waals surface area contributed by atoms with E-state index in [4.69, 9.17) is 16.3 Å². The van der Waals surface area contributed by atoms with Crippen LogP contribution in [-0.2, 0) is 11.8 Å². The van der Waals surface area contributed by atoms with Crippen molar-refractivity contribution in [3.8, 4) is 0 Å². The van der Waals surface area contributed by atoms with Crippen molar-refractivity contribution in [2.24, 2.45) is 7.05 Å². The standard InChI is InChI=1S/C15H19ClN6O3/c1-21-13(23)6-10(7-19-21)22-4-5-25-11(9-22)2-3-17-15(24)14-12(16)8-18-20-14/h6-8,11H,2-5,9H2,1H3,(H,17,24)(H,18,20). The van der Waals surface area contributed by atoms with E-state index in [1.54, 1.807) is 19.3 Å². The zero-order valence-corrected chi connectivity index (χ0v) is 14.5. The van der Waals surface area contributed by atoms with E-state index in [9.17, 15) is 9.59 Å². The van der Waals surface area contributed by atoms with E-state index >= 15 is 0 Å². The molecule has 2 aromatic heterocycles. The van der Waals surface area contributed by atoms with Gasteiger partial charge in [-0.3, -0.25) is 14.7 Å². The largest absolute Gasteiger partial charge is 0.374 e. The van der Waals surface area contributed by atoms with E-state index in [2.05, 4.69) is 25.5 Å². The number of aromatic amines is 1. The van der Waals surface area contributed by atoms with Crippen molar-refractivity contribution in [2.45, 2.75) is 12.5 Å². The molecular weight excluding hydrogens is 348 g/mol. The smallest absolute Gasteiger partial charge is 0.270 e. The number of H-pyrrole nitrogens is 1. The van der Waals surface area contributed by atoms with Crippen molar-refractivity contribution in [3.63, 3.8) is 0 Å². The number of halogens is 1. The third-order valence-electron chi connectivity index (χ3n) is 4.03. The molecule has 3 heterocycles. The zero-order chi connectivity index (χ0) is 17.8. The Labute approximate surface area is 148 Å². The molecule has 2 N–H and O–H groups in total. The van der Waals surface area contributed by atoms with Crippen molar-refractivity contribution < 1.29 is 9.53 Å². The quantitative estimate of drug-likeness (QED) is 0.782. The number of carbonyl (C=O) groups is 1. The molecule has 0 aromatic carbocycles. The number of aryl methyl sites for hydroxylation is 1. The van der Waals surface area contributed by atoms with E-state index in [1.807, 2.05) is 0 Å². The number of amides is 1. The van der Waals surface area contributed by atoms with Gasteiger partial charge in [0, 0.05) is 32.7 Å². The topological polar surface area (TPSA) is 105 Å². The molecule has 1 fully saturated rings. The van der Waals surface area contributed by atoms with Crippen molar-refractivity contribution in [2.75, 3.05) is 31.1 Å². The minimum Gasteiger partial charge on any atom is -0.374 e. The number of hydrogen-bond donors (Lipinski definition) is 2.